The first-order valence-electron chi connectivity index (χ1n) is 7.83. The number of carbonyl (C=O) groups is 1. The molecule has 0 radical (unpaired) electrons. The van der Waals surface area contributed by atoms with Crippen LogP contribution in [0.15, 0.2) is 57.3 Å². The van der Waals surface area contributed by atoms with Gasteiger partial charge < -0.3 is 14.3 Å². The van der Waals surface area contributed by atoms with Gasteiger partial charge in [0.05, 0.1) is 18.5 Å². The molecule has 1 saturated carbocycles. The second kappa shape index (κ2) is 6.13. The number of aromatic amines is 1. The minimum absolute atomic E-state index is 0.175. The largest absolute Gasteiger partial charge is 0.463 e. The number of aromatic nitrogens is 1. The summed E-state index contributed by atoms with van der Waals surface area (Å²) in [5.41, 5.74) is 0.359. The van der Waals surface area contributed by atoms with E-state index in [9.17, 15) is 9.59 Å². The van der Waals surface area contributed by atoms with Gasteiger partial charge in [0, 0.05) is 10.9 Å². The van der Waals surface area contributed by atoms with Gasteiger partial charge in [0.1, 0.15) is 11.3 Å². The number of furan rings is 1. The summed E-state index contributed by atoms with van der Waals surface area (Å²) in [5.74, 6) is 0.363. The Morgan fingerprint density at radius 3 is 2.75 bits per heavy atom. The molecule has 3 heterocycles. The number of hydrogen-bond acceptors (Lipinski definition) is 4. The summed E-state index contributed by atoms with van der Waals surface area (Å²) in [6.45, 7) is 0.556. The first-order chi connectivity index (χ1) is 11.7. The van der Waals surface area contributed by atoms with E-state index in [-0.39, 0.29) is 23.1 Å². The van der Waals surface area contributed by atoms with E-state index < -0.39 is 0 Å². The van der Waals surface area contributed by atoms with E-state index in [2.05, 4.69) is 4.98 Å². The van der Waals surface area contributed by atoms with Crippen LogP contribution >= 0.6 is 11.3 Å². The Morgan fingerprint density at radius 1 is 1.25 bits per heavy atom. The molecule has 3 aromatic rings. The van der Waals surface area contributed by atoms with Crippen molar-refractivity contribution >= 4 is 17.2 Å². The average Bonchev–Trinajstić information content (AvgIpc) is 3.07. The minimum atomic E-state index is -0.384. The molecule has 0 saturated heterocycles. The van der Waals surface area contributed by atoms with Crippen LogP contribution in [0.25, 0.3) is 11.5 Å². The van der Waals surface area contributed by atoms with Crippen molar-refractivity contribution in [1.29, 1.82) is 0 Å². The number of nitrogens with one attached hydrogen (secondary N) is 1. The van der Waals surface area contributed by atoms with Gasteiger partial charge in [-0.2, -0.15) is 0 Å². The molecule has 1 aliphatic carbocycles. The smallest absolute Gasteiger partial charge is 0.261 e. The Kier molecular flexibility index (Phi) is 3.82. The van der Waals surface area contributed by atoms with Gasteiger partial charge in [-0.05, 0) is 48.6 Å². The summed E-state index contributed by atoms with van der Waals surface area (Å²) in [5, 5.41) is 2.00. The fraction of sp³-hybridized carbons (Fsp3) is 0.222. The highest BCUT2D eigenvalue weighted by atomic mass is 32.1. The minimum Gasteiger partial charge on any atom is -0.463 e. The molecule has 1 N–H and O–H groups in total. The van der Waals surface area contributed by atoms with Crippen LogP contribution in [0, 0.1) is 0 Å². The topological polar surface area (TPSA) is 66.3 Å². The first-order valence-corrected chi connectivity index (χ1v) is 8.71. The van der Waals surface area contributed by atoms with Crippen molar-refractivity contribution in [2.45, 2.75) is 25.4 Å². The molecule has 1 fully saturated rings. The Balaban J connectivity index is 1.62. The SMILES string of the molecule is O=C(c1ccc(-c2ccco2)[nH]c1=O)N(Cc1cccs1)C1CC1. The van der Waals surface area contributed by atoms with E-state index in [0.717, 1.165) is 17.7 Å². The van der Waals surface area contributed by atoms with Crippen molar-refractivity contribution in [3.63, 3.8) is 0 Å². The molecule has 6 heteroatoms. The maximum atomic E-state index is 12.9. The van der Waals surface area contributed by atoms with Crippen molar-refractivity contribution in [3.8, 4) is 11.5 Å². The van der Waals surface area contributed by atoms with Gasteiger partial charge in [-0.25, -0.2) is 0 Å². The van der Waals surface area contributed by atoms with E-state index >= 15 is 0 Å². The number of nitrogens with zero attached hydrogens (tertiary/aromatic N) is 1. The van der Waals surface area contributed by atoms with Crippen LogP contribution in [0.2, 0.25) is 0 Å². The van der Waals surface area contributed by atoms with Gasteiger partial charge in [0.15, 0.2) is 0 Å². The van der Waals surface area contributed by atoms with Crippen LogP contribution < -0.4 is 5.56 Å². The van der Waals surface area contributed by atoms with E-state index in [4.69, 9.17) is 4.42 Å². The summed E-state index contributed by atoms with van der Waals surface area (Å²) < 4.78 is 5.28. The number of H-pyrrole nitrogens is 1. The van der Waals surface area contributed by atoms with Crippen molar-refractivity contribution in [3.05, 3.63) is 68.8 Å². The molecule has 4 rings (SSSR count). The normalized spacial score (nSPS) is 13.8. The Morgan fingerprint density at radius 2 is 2.12 bits per heavy atom. The molecule has 1 aliphatic rings. The zero-order valence-corrected chi connectivity index (χ0v) is 13.7. The summed E-state index contributed by atoms with van der Waals surface area (Å²) in [4.78, 5) is 30.9. The lowest BCUT2D eigenvalue weighted by atomic mass is 10.2. The molecule has 0 aromatic carbocycles. The highest BCUT2D eigenvalue weighted by Crippen LogP contribution is 2.30. The molecular formula is C18H16N2O3S. The average molecular weight is 340 g/mol. The molecule has 24 heavy (non-hydrogen) atoms. The van der Waals surface area contributed by atoms with Crippen LogP contribution in [-0.4, -0.2) is 21.8 Å². The monoisotopic (exact) mass is 340 g/mol. The van der Waals surface area contributed by atoms with E-state index in [0.29, 0.717) is 18.0 Å². The second-order valence-corrected chi connectivity index (χ2v) is 6.87. The van der Waals surface area contributed by atoms with Crippen LogP contribution in [0.4, 0.5) is 0 Å². The zero-order chi connectivity index (χ0) is 16.5. The van der Waals surface area contributed by atoms with E-state index in [1.54, 1.807) is 41.9 Å². The van der Waals surface area contributed by atoms with Gasteiger partial charge in [-0.15, -0.1) is 11.3 Å². The summed E-state index contributed by atoms with van der Waals surface area (Å²) in [7, 11) is 0. The number of pyridine rings is 1. The fourth-order valence-electron chi connectivity index (χ4n) is 2.70. The van der Waals surface area contributed by atoms with Crippen LogP contribution in [-0.2, 0) is 6.54 Å². The highest BCUT2D eigenvalue weighted by molar-refractivity contribution is 7.09. The fourth-order valence-corrected chi connectivity index (χ4v) is 3.40. The van der Waals surface area contributed by atoms with Crippen molar-refractivity contribution in [2.24, 2.45) is 0 Å². The third-order valence-corrected chi connectivity index (χ3v) is 4.94. The molecule has 0 aliphatic heterocycles. The zero-order valence-electron chi connectivity index (χ0n) is 12.9. The van der Waals surface area contributed by atoms with Crippen molar-refractivity contribution < 1.29 is 9.21 Å². The summed E-state index contributed by atoms with van der Waals surface area (Å²) >= 11 is 1.62. The molecular weight excluding hydrogens is 324 g/mol. The third-order valence-electron chi connectivity index (χ3n) is 4.08. The van der Waals surface area contributed by atoms with Gasteiger partial charge in [0.2, 0.25) is 0 Å². The third kappa shape index (κ3) is 2.92. The number of hydrogen-bond donors (Lipinski definition) is 1. The Bertz CT molecular complexity index is 893. The molecule has 122 valence electrons. The van der Waals surface area contributed by atoms with E-state index in [1.165, 1.54) is 0 Å². The summed E-state index contributed by atoms with van der Waals surface area (Å²) in [6, 6.07) is 11.0. The molecule has 5 nitrogen and oxygen atoms in total. The van der Waals surface area contributed by atoms with Crippen LogP contribution in [0.5, 0.6) is 0 Å². The quantitative estimate of drug-likeness (QED) is 0.773. The van der Waals surface area contributed by atoms with Crippen LogP contribution in [0.3, 0.4) is 0 Å². The van der Waals surface area contributed by atoms with Crippen LogP contribution in [0.1, 0.15) is 28.1 Å². The lowest BCUT2D eigenvalue weighted by molar-refractivity contribution is 0.0730. The number of rotatable bonds is 5. The molecule has 1 amide bonds. The van der Waals surface area contributed by atoms with Crippen molar-refractivity contribution in [1.82, 2.24) is 9.88 Å². The number of thiophene rings is 1. The highest BCUT2D eigenvalue weighted by Gasteiger charge is 2.34. The van der Waals surface area contributed by atoms with Gasteiger partial charge >= 0.3 is 0 Å². The van der Waals surface area contributed by atoms with E-state index in [1.807, 2.05) is 22.4 Å². The molecule has 3 aromatic heterocycles. The standard InChI is InChI=1S/C18H16N2O3S/c21-17-14(7-8-15(19-17)16-4-1-9-23-16)18(22)20(12-5-6-12)11-13-3-2-10-24-13/h1-4,7-10,12H,5-6,11H2,(H,19,21). The molecule has 0 atom stereocenters. The maximum Gasteiger partial charge on any atom is 0.261 e. The Hall–Kier alpha value is -2.60. The second-order valence-electron chi connectivity index (χ2n) is 5.84. The predicted molar refractivity (Wildman–Crippen MR) is 92.0 cm³/mol. The lowest BCUT2D eigenvalue weighted by Crippen LogP contribution is -2.35. The van der Waals surface area contributed by atoms with Gasteiger partial charge in [-0.3, -0.25) is 9.59 Å². The molecule has 0 unspecified atom stereocenters. The lowest BCUT2D eigenvalue weighted by Gasteiger charge is -2.21. The summed E-state index contributed by atoms with van der Waals surface area (Å²) in [6.07, 6.45) is 3.54. The van der Waals surface area contributed by atoms with Gasteiger partial charge in [-0.1, -0.05) is 6.07 Å². The molecule has 0 bridgehead atoms. The molecule has 0 spiro atoms. The predicted octanol–water partition coefficient (Wildman–Crippen LogP) is 3.50. The van der Waals surface area contributed by atoms with Crippen molar-refractivity contribution in [2.75, 3.05) is 0 Å². The number of amides is 1. The Labute approximate surface area is 142 Å². The first kappa shape index (κ1) is 15.0. The van der Waals surface area contributed by atoms with Gasteiger partial charge in [0.25, 0.3) is 11.5 Å². The maximum absolute atomic E-state index is 12.9. The number of carbonyl (C=O) groups excluding carboxylic acids is 1.